The van der Waals surface area contributed by atoms with E-state index in [1.165, 1.54) is 36.4 Å². The number of hydrogen-bond donors (Lipinski definition) is 2. The molecule has 3 aromatic carbocycles. The molecule has 0 aliphatic carbocycles. The molecule has 1 heterocycles. The van der Waals surface area contributed by atoms with E-state index in [-0.39, 0.29) is 20.5 Å². The number of carbonyl (C=O) groups excluding carboxylic acids is 1. The van der Waals surface area contributed by atoms with Gasteiger partial charge in [0.1, 0.15) is 0 Å². The van der Waals surface area contributed by atoms with Gasteiger partial charge in [-0.25, -0.2) is 8.42 Å². The minimum absolute atomic E-state index is 0.0198. The minimum Gasteiger partial charge on any atom is -0.321 e. The Morgan fingerprint density at radius 3 is 2.38 bits per heavy atom. The normalized spacial score (nSPS) is 12.0. The van der Waals surface area contributed by atoms with Crippen molar-refractivity contribution >= 4 is 60.3 Å². The Bertz CT molecular complexity index is 1520. The molecule has 1 amide bonds. The fourth-order valence-electron chi connectivity index (χ4n) is 3.31. The average Bonchev–Trinajstić information content (AvgIpc) is 3.09. The molecule has 0 saturated heterocycles. The van der Waals surface area contributed by atoms with Crippen LogP contribution in [-0.2, 0) is 16.2 Å². The van der Waals surface area contributed by atoms with E-state index in [2.05, 4.69) is 10.0 Å². The van der Waals surface area contributed by atoms with Gasteiger partial charge in [0.15, 0.2) is 0 Å². The van der Waals surface area contributed by atoms with Gasteiger partial charge in [-0.05, 0) is 72.5 Å². The molecule has 11 heteroatoms. The number of alkyl halides is 3. The van der Waals surface area contributed by atoms with Crippen molar-refractivity contribution in [2.75, 3.05) is 10.0 Å². The fourth-order valence-corrected chi connectivity index (χ4v) is 5.75. The van der Waals surface area contributed by atoms with Gasteiger partial charge in [-0.15, -0.1) is 11.3 Å². The van der Waals surface area contributed by atoms with Crippen LogP contribution >= 0.6 is 22.9 Å². The molecule has 0 aliphatic rings. The van der Waals surface area contributed by atoms with E-state index in [1.807, 2.05) is 0 Å². The van der Waals surface area contributed by atoms with Gasteiger partial charge in [-0.1, -0.05) is 23.7 Å². The fraction of sp³-hybridized carbons (Fsp3) is 0.0870. The van der Waals surface area contributed by atoms with E-state index in [0.29, 0.717) is 21.3 Å². The third kappa shape index (κ3) is 5.03. The number of hydrogen-bond acceptors (Lipinski definition) is 4. The molecule has 4 aromatic rings. The van der Waals surface area contributed by atoms with Gasteiger partial charge in [0.05, 0.1) is 21.0 Å². The Morgan fingerprint density at radius 1 is 0.971 bits per heavy atom. The van der Waals surface area contributed by atoms with Crippen LogP contribution in [-0.4, -0.2) is 14.3 Å². The van der Waals surface area contributed by atoms with Crippen LogP contribution in [0, 0.1) is 6.92 Å². The maximum absolute atomic E-state index is 13.1. The molecule has 2 N–H and O–H groups in total. The third-order valence-electron chi connectivity index (χ3n) is 4.95. The molecule has 4 rings (SSSR count). The quantitative estimate of drug-likeness (QED) is 0.297. The molecule has 0 bridgehead atoms. The maximum Gasteiger partial charge on any atom is 0.416 e. The zero-order chi connectivity index (χ0) is 24.7. The first kappa shape index (κ1) is 24.1. The topological polar surface area (TPSA) is 75.3 Å². The molecule has 0 fully saturated rings. The van der Waals surface area contributed by atoms with Gasteiger partial charge in [-0.3, -0.25) is 9.52 Å². The van der Waals surface area contributed by atoms with E-state index in [0.717, 1.165) is 23.5 Å². The number of nitrogens with one attached hydrogen (secondary N) is 2. The summed E-state index contributed by atoms with van der Waals surface area (Å²) in [5, 5.41) is 3.30. The molecule has 0 atom stereocenters. The molecule has 0 saturated carbocycles. The molecule has 0 unspecified atom stereocenters. The highest BCUT2D eigenvalue weighted by atomic mass is 35.5. The Labute approximate surface area is 202 Å². The molecule has 0 aliphatic heterocycles. The highest BCUT2D eigenvalue weighted by molar-refractivity contribution is 7.92. The van der Waals surface area contributed by atoms with Crippen LogP contribution in [0.5, 0.6) is 0 Å². The Balaban J connectivity index is 1.57. The van der Waals surface area contributed by atoms with Crippen LogP contribution in [0.2, 0.25) is 5.02 Å². The highest BCUT2D eigenvalue weighted by Crippen LogP contribution is 2.37. The van der Waals surface area contributed by atoms with Crippen LogP contribution in [0.25, 0.3) is 10.1 Å². The first-order valence-corrected chi connectivity index (χ1v) is 12.4. The van der Waals surface area contributed by atoms with Crippen LogP contribution in [0.4, 0.5) is 24.5 Å². The molecule has 176 valence electrons. The zero-order valence-electron chi connectivity index (χ0n) is 17.4. The number of halogens is 4. The molecule has 0 radical (unpaired) electrons. The standard InChI is InChI=1S/C23H16ClF3N2O3S2/c1-13-19-10-14(23(25,26)27)8-9-20(19)33-21(13)22(30)28-16-5-3-6-17(12-16)29-34(31,32)18-7-2-4-15(24)11-18/h2-12,29H,1H3,(H,28,30). The van der Waals surface area contributed by atoms with Crippen LogP contribution in [0.15, 0.2) is 71.6 Å². The van der Waals surface area contributed by atoms with Crippen molar-refractivity contribution in [1.29, 1.82) is 0 Å². The second kappa shape index (κ2) is 8.94. The number of anilines is 2. The number of sulfonamides is 1. The molecule has 1 aromatic heterocycles. The van der Waals surface area contributed by atoms with Crippen molar-refractivity contribution in [1.82, 2.24) is 0 Å². The lowest BCUT2D eigenvalue weighted by Gasteiger charge is -2.10. The number of rotatable bonds is 5. The van der Waals surface area contributed by atoms with Crippen molar-refractivity contribution in [3.05, 3.63) is 87.8 Å². The van der Waals surface area contributed by atoms with E-state index < -0.39 is 27.7 Å². The summed E-state index contributed by atoms with van der Waals surface area (Å²) in [7, 11) is -3.91. The molecule has 0 spiro atoms. The summed E-state index contributed by atoms with van der Waals surface area (Å²) in [6, 6.07) is 15.2. The Kier molecular flexibility index (Phi) is 6.32. The summed E-state index contributed by atoms with van der Waals surface area (Å²) >= 11 is 6.95. The van der Waals surface area contributed by atoms with Crippen molar-refractivity contribution < 1.29 is 26.4 Å². The number of amides is 1. The predicted molar refractivity (Wildman–Crippen MR) is 128 cm³/mol. The number of benzene rings is 3. The van der Waals surface area contributed by atoms with Crippen LogP contribution in [0.3, 0.4) is 0 Å². The predicted octanol–water partition coefficient (Wildman–Crippen LogP) is 6.94. The zero-order valence-corrected chi connectivity index (χ0v) is 19.8. The smallest absolute Gasteiger partial charge is 0.321 e. The first-order chi connectivity index (χ1) is 15.9. The molecular weight excluding hydrogens is 509 g/mol. The monoisotopic (exact) mass is 524 g/mol. The summed E-state index contributed by atoms with van der Waals surface area (Å²) in [5.74, 6) is -0.512. The second-order valence-electron chi connectivity index (χ2n) is 7.36. The van der Waals surface area contributed by atoms with Crippen LogP contribution in [0.1, 0.15) is 20.8 Å². The Morgan fingerprint density at radius 2 is 1.68 bits per heavy atom. The van der Waals surface area contributed by atoms with E-state index in [9.17, 15) is 26.4 Å². The summed E-state index contributed by atoms with van der Waals surface area (Å²) in [4.78, 5) is 13.1. The molecule has 5 nitrogen and oxygen atoms in total. The largest absolute Gasteiger partial charge is 0.416 e. The maximum atomic E-state index is 13.1. The molecule has 34 heavy (non-hydrogen) atoms. The number of fused-ring (bicyclic) bond motifs is 1. The summed E-state index contributed by atoms with van der Waals surface area (Å²) < 4.78 is 67.4. The summed E-state index contributed by atoms with van der Waals surface area (Å²) in [6.07, 6.45) is -4.48. The van der Waals surface area contributed by atoms with Gasteiger partial charge in [0, 0.05) is 15.4 Å². The Hall–Kier alpha value is -3.08. The SMILES string of the molecule is Cc1c(C(=O)Nc2cccc(NS(=O)(=O)c3cccc(Cl)c3)c2)sc2ccc(C(F)(F)F)cc12. The van der Waals surface area contributed by atoms with E-state index in [1.54, 1.807) is 25.1 Å². The van der Waals surface area contributed by atoms with Gasteiger partial charge in [0.2, 0.25) is 0 Å². The van der Waals surface area contributed by atoms with Crippen LogP contribution < -0.4 is 10.0 Å². The summed E-state index contributed by atoms with van der Waals surface area (Å²) in [5.41, 5.74) is 0.166. The van der Waals surface area contributed by atoms with Crippen molar-refractivity contribution in [3.8, 4) is 0 Å². The van der Waals surface area contributed by atoms with Crippen molar-refractivity contribution in [2.45, 2.75) is 18.0 Å². The summed E-state index contributed by atoms with van der Waals surface area (Å²) in [6.45, 7) is 1.59. The highest BCUT2D eigenvalue weighted by Gasteiger charge is 2.31. The van der Waals surface area contributed by atoms with Gasteiger partial charge in [0.25, 0.3) is 15.9 Å². The second-order valence-corrected chi connectivity index (χ2v) is 10.5. The van der Waals surface area contributed by atoms with Gasteiger partial charge < -0.3 is 5.32 Å². The van der Waals surface area contributed by atoms with Gasteiger partial charge >= 0.3 is 6.18 Å². The number of carbonyl (C=O) groups is 1. The van der Waals surface area contributed by atoms with E-state index >= 15 is 0 Å². The molecular formula is C23H16ClF3N2O3S2. The lowest BCUT2D eigenvalue weighted by molar-refractivity contribution is -0.137. The van der Waals surface area contributed by atoms with Gasteiger partial charge in [-0.2, -0.15) is 13.2 Å². The average molecular weight is 525 g/mol. The first-order valence-electron chi connectivity index (χ1n) is 9.74. The van der Waals surface area contributed by atoms with Crippen molar-refractivity contribution in [2.24, 2.45) is 0 Å². The number of thiophene rings is 1. The third-order valence-corrected chi connectivity index (χ3v) is 7.83. The lowest BCUT2D eigenvalue weighted by atomic mass is 10.1. The van der Waals surface area contributed by atoms with Crippen molar-refractivity contribution in [3.63, 3.8) is 0 Å². The minimum atomic E-state index is -4.48. The number of aryl methyl sites for hydroxylation is 1. The lowest BCUT2D eigenvalue weighted by Crippen LogP contribution is -2.14. The van der Waals surface area contributed by atoms with E-state index in [4.69, 9.17) is 11.6 Å².